The Morgan fingerprint density at radius 3 is 2.76 bits per heavy atom. The molecule has 1 saturated carbocycles. The van der Waals surface area contributed by atoms with Gasteiger partial charge in [0.15, 0.2) is 17.0 Å². The molecule has 0 unspecified atom stereocenters. The van der Waals surface area contributed by atoms with Crippen LogP contribution >= 0.6 is 0 Å². The van der Waals surface area contributed by atoms with Crippen molar-refractivity contribution in [2.75, 3.05) is 7.11 Å². The minimum absolute atomic E-state index is 0.0263. The Labute approximate surface area is 120 Å². The first-order valence-electron chi connectivity index (χ1n) is 6.65. The number of carboxylic acid groups (broad SMARTS) is 1. The molecule has 1 aliphatic rings. The number of halogens is 1. The summed E-state index contributed by atoms with van der Waals surface area (Å²) in [6.45, 7) is 0. The summed E-state index contributed by atoms with van der Waals surface area (Å²) in [6, 6.07) is 2.72. The second-order valence-electron chi connectivity index (χ2n) is 5.17. The van der Waals surface area contributed by atoms with Crippen molar-refractivity contribution >= 4 is 29.5 Å². The normalized spacial score (nSPS) is 14.2. The lowest BCUT2D eigenvalue weighted by Crippen LogP contribution is -2.37. The van der Waals surface area contributed by atoms with Gasteiger partial charge >= 0.3 is 0 Å². The van der Waals surface area contributed by atoms with E-state index in [1.165, 1.54) is 25.4 Å². The van der Waals surface area contributed by atoms with Crippen molar-refractivity contribution in [1.82, 2.24) is 4.57 Å². The van der Waals surface area contributed by atoms with Crippen LogP contribution in [0, 0.1) is 5.82 Å². The molecule has 1 N–H and O–H groups in total. The summed E-state index contributed by atoms with van der Waals surface area (Å²) in [5.41, 5.74) is 0.220. The van der Waals surface area contributed by atoms with E-state index in [1.54, 1.807) is 4.57 Å². The molecule has 1 aliphatic carbocycles. The van der Waals surface area contributed by atoms with Gasteiger partial charge in [-0.2, -0.15) is 0 Å². The maximum Gasteiger partial charge on any atom is 0.299 e. The first-order valence-corrected chi connectivity index (χ1v) is 6.65. The Balaban J connectivity index is 2.37. The van der Waals surface area contributed by atoms with Gasteiger partial charge in [0.25, 0.3) is 13.1 Å². The Bertz CT molecular complexity index is 798. The molecule has 2 aromatic rings. The second-order valence-corrected chi connectivity index (χ2v) is 5.17. The van der Waals surface area contributed by atoms with Crippen molar-refractivity contribution in [2.45, 2.75) is 18.9 Å². The lowest BCUT2D eigenvalue weighted by atomic mass is 9.71. The number of nitrogens with zero attached hydrogens (tertiary/aromatic N) is 1. The number of aromatic nitrogens is 1. The Morgan fingerprint density at radius 1 is 1.48 bits per heavy atom. The molecule has 0 radical (unpaired) electrons. The minimum atomic E-state index is -1.07. The van der Waals surface area contributed by atoms with Crippen molar-refractivity contribution in [2.24, 2.45) is 0 Å². The molecular weight excluding hydrogens is 276 g/mol. The predicted octanol–water partition coefficient (Wildman–Crippen LogP) is 1.22. The average Bonchev–Trinajstić information content (AvgIpc) is 3.25. The molecule has 1 aromatic heterocycles. The number of fused-ring (bicyclic) bond motifs is 1. The molecule has 0 amide bonds. The van der Waals surface area contributed by atoms with E-state index < -0.39 is 11.7 Å². The zero-order chi connectivity index (χ0) is 15.1. The number of hydrogen-bond donors (Lipinski definition) is 1. The van der Waals surface area contributed by atoms with Gasteiger partial charge in [-0.3, -0.25) is 9.59 Å². The molecule has 0 atom stereocenters. The molecule has 0 saturated heterocycles. The molecule has 3 rings (SSSR count). The number of carbonyl (C=O) groups is 1. The van der Waals surface area contributed by atoms with Crippen molar-refractivity contribution in [1.29, 1.82) is 0 Å². The molecular formula is C14H13BFNO4. The monoisotopic (exact) mass is 289 g/mol. The number of pyridine rings is 1. The fraction of sp³-hybridized carbons (Fsp3) is 0.286. The molecule has 1 aromatic carbocycles. The van der Waals surface area contributed by atoms with Crippen LogP contribution in [-0.4, -0.2) is 29.9 Å². The highest BCUT2D eigenvalue weighted by atomic mass is 19.1. The number of benzene rings is 1. The van der Waals surface area contributed by atoms with Gasteiger partial charge < -0.3 is 14.4 Å². The van der Waals surface area contributed by atoms with Gasteiger partial charge in [-0.25, -0.2) is 4.39 Å². The van der Waals surface area contributed by atoms with Gasteiger partial charge in [0.1, 0.15) is 0 Å². The summed E-state index contributed by atoms with van der Waals surface area (Å²) in [7, 11) is 1.01. The molecule has 0 spiro atoms. The lowest BCUT2D eigenvalue weighted by Gasteiger charge is -2.15. The Morgan fingerprint density at radius 2 is 2.19 bits per heavy atom. The number of rotatable bonds is 4. The first kappa shape index (κ1) is 13.7. The summed E-state index contributed by atoms with van der Waals surface area (Å²) in [6.07, 6.45) is 3.37. The Hall–Kier alpha value is -2.31. The van der Waals surface area contributed by atoms with Crippen LogP contribution < -0.4 is 15.6 Å². The highest BCUT2D eigenvalue weighted by Crippen LogP contribution is 2.39. The quantitative estimate of drug-likeness (QED) is 0.859. The highest BCUT2D eigenvalue weighted by molar-refractivity contribution is 6.82. The van der Waals surface area contributed by atoms with E-state index >= 15 is 0 Å². The summed E-state index contributed by atoms with van der Waals surface area (Å²) in [5, 5.41) is 9.21. The van der Waals surface area contributed by atoms with Crippen molar-refractivity contribution in [3.63, 3.8) is 0 Å². The maximum absolute atomic E-state index is 13.9. The van der Waals surface area contributed by atoms with Crippen LogP contribution in [0.2, 0.25) is 0 Å². The second kappa shape index (κ2) is 4.91. The van der Waals surface area contributed by atoms with Gasteiger partial charge in [-0.1, -0.05) is 0 Å². The summed E-state index contributed by atoms with van der Waals surface area (Å²) >= 11 is 0. The van der Waals surface area contributed by atoms with E-state index in [2.05, 4.69) is 0 Å². The molecule has 21 heavy (non-hydrogen) atoms. The smallest absolute Gasteiger partial charge is 0.299 e. The fourth-order valence-electron chi connectivity index (χ4n) is 2.57. The SMILES string of the molecule is COc1c(F)ccc2c(=O)c(BC(=O)O)cn(C3CC3)c12. The standard InChI is InChI=1S/C14H13BFNO4/c1-21-13-10(16)5-4-8-11(13)17(7-2-3-7)6-9(12(8)18)15-14(19)20/h4-7,15H,2-3H2,1H3,(H,19,20). The van der Waals surface area contributed by atoms with E-state index in [4.69, 9.17) is 9.84 Å². The summed E-state index contributed by atoms with van der Waals surface area (Å²) in [5.74, 6) is -1.58. The molecule has 0 bridgehead atoms. The van der Waals surface area contributed by atoms with Crippen LogP contribution in [0.3, 0.4) is 0 Å². The molecule has 5 nitrogen and oxygen atoms in total. The molecule has 108 valence electrons. The van der Waals surface area contributed by atoms with E-state index in [-0.39, 0.29) is 30.0 Å². The van der Waals surface area contributed by atoms with Gasteiger partial charge in [0.05, 0.1) is 12.6 Å². The highest BCUT2D eigenvalue weighted by Gasteiger charge is 2.28. The van der Waals surface area contributed by atoms with Crippen LogP contribution in [0.5, 0.6) is 5.75 Å². The van der Waals surface area contributed by atoms with Crippen LogP contribution in [0.15, 0.2) is 23.1 Å². The third-order valence-corrected chi connectivity index (χ3v) is 3.66. The zero-order valence-electron chi connectivity index (χ0n) is 11.4. The van der Waals surface area contributed by atoms with Crippen molar-refractivity contribution in [3.05, 3.63) is 34.4 Å². The number of ether oxygens (including phenoxy) is 1. The van der Waals surface area contributed by atoms with Gasteiger partial charge in [-0.15, -0.1) is 0 Å². The molecule has 0 aliphatic heterocycles. The van der Waals surface area contributed by atoms with E-state index in [1.807, 2.05) is 0 Å². The van der Waals surface area contributed by atoms with Crippen LogP contribution in [-0.2, 0) is 0 Å². The largest absolute Gasteiger partial charge is 0.492 e. The predicted molar refractivity (Wildman–Crippen MR) is 77.8 cm³/mol. The summed E-state index contributed by atoms with van der Waals surface area (Å²) < 4.78 is 20.8. The average molecular weight is 289 g/mol. The van der Waals surface area contributed by atoms with Gasteiger partial charge in [0.2, 0.25) is 0 Å². The fourth-order valence-corrected chi connectivity index (χ4v) is 2.57. The van der Waals surface area contributed by atoms with Crippen LogP contribution in [0.1, 0.15) is 18.9 Å². The lowest BCUT2D eigenvalue weighted by molar-refractivity contribution is 0.220. The Kier molecular flexibility index (Phi) is 3.20. The summed E-state index contributed by atoms with van der Waals surface area (Å²) in [4.78, 5) is 23.3. The third-order valence-electron chi connectivity index (χ3n) is 3.66. The number of methoxy groups -OCH3 is 1. The molecule has 1 heterocycles. The molecule has 7 heteroatoms. The van der Waals surface area contributed by atoms with Crippen molar-refractivity contribution < 1.29 is 19.0 Å². The van der Waals surface area contributed by atoms with Crippen LogP contribution in [0.4, 0.5) is 9.18 Å². The topological polar surface area (TPSA) is 68.5 Å². The minimum Gasteiger partial charge on any atom is -0.492 e. The third kappa shape index (κ3) is 2.28. The zero-order valence-corrected chi connectivity index (χ0v) is 11.4. The number of hydrogen-bond acceptors (Lipinski definition) is 3. The maximum atomic E-state index is 13.9. The van der Waals surface area contributed by atoms with Crippen LogP contribution in [0.25, 0.3) is 10.9 Å². The van der Waals surface area contributed by atoms with Gasteiger partial charge in [-0.05, 0) is 30.4 Å². The van der Waals surface area contributed by atoms with E-state index in [9.17, 15) is 14.0 Å². The van der Waals surface area contributed by atoms with E-state index in [0.717, 1.165) is 12.8 Å². The molecule has 1 fully saturated rings. The van der Waals surface area contributed by atoms with Gasteiger partial charge in [0, 0.05) is 17.6 Å². The first-order chi connectivity index (χ1) is 10.0. The van der Waals surface area contributed by atoms with E-state index in [0.29, 0.717) is 10.9 Å². The van der Waals surface area contributed by atoms with Crippen molar-refractivity contribution in [3.8, 4) is 5.75 Å².